The van der Waals surface area contributed by atoms with Gasteiger partial charge in [0.05, 0.1) is 5.54 Å². The van der Waals surface area contributed by atoms with Gasteiger partial charge in [0.1, 0.15) is 11.9 Å². The van der Waals surface area contributed by atoms with Crippen molar-refractivity contribution < 1.29 is 9.53 Å². The number of isocyanates is 1. The van der Waals surface area contributed by atoms with Gasteiger partial charge in [-0.15, -0.1) is 0 Å². The number of carbonyl (C=O) groups excluding carboxylic acids is 1. The predicted molar refractivity (Wildman–Crippen MR) is 59.3 cm³/mol. The summed E-state index contributed by atoms with van der Waals surface area (Å²) in [5, 5.41) is 0. The van der Waals surface area contributed by atoms with Crippen LogP contribution in [0.3, 0.4) is 0 Å². The Morgan fingerprint density at radius 1 is 1.50 bits per heavy atom. The van der Waals surface area contributed by atoms with Crippen molar-refractivity contribution in [3.63, 3.8) is 0 Å². The van der Waals surface area contributed by atoms with Crippen LogP contribution in [0.25, 0.3) is 0 Å². The van der Waals surface area contributed by atoms with Crippen LogP contribution in [0, 0.1) is 0 Å². The van der Waals surface area contributed by atoms with E-state index < -0.39 is 0 Å². The molecule has 16 heavy (non-hydrogen) atoms. The predicted octanol–water partition coefficient (Wildman–Crippen LogP) is 2.33. The first-order valence-corrected chi connectivity index (χ1v) is 5.63. The molecule has 2 aliphatic rings. The molecule has 82 valence electrons. The van der Waals surface area contributed by atoms with Gasteiger partial charge in [-0.2, -0.15) is 4.99 Å². The van der Waals surface area contributed by atoms with Gasteiger partial charge in [-0.05, 0) is 43.0 Å². The standard InChI is InChI=1S/C13H13NO2/c1-9-6-10-7-11(2-3-12(10)16-9)13(4-5-13)14-8-15/h2-3,7,9H,4-6H2,1H3. The van der Waals surface area contributed by atoms with Crippen LogP contribution in [0.4, 0.5) is 0 Å². The molecular formula is C13H13NO2. The Labute approximate surface area is 94.1 Å². The van der Waals surface area contributed by atoms with Crippen LogP contribution in [-0.4, -0.2) is 12.2 Å². The summed E-state index contributed by atoms with van der Waals surface area (Å²) in [4.78, 5) is 14.3. The maximum atomic E-state index is 10.4. The molecule has 1 unspecified atom stereocenters. The third-order valence-corrected chi connectivity index (χ3v) is 3.42. The number of hydrogen-bond acceptors (Lipinski definition) is 3. The summed E-state index contributed by atoms with van der Waals surface area (Å²) in [5.74, 6) is 0.974. The maximum absolute atomic E-state index is 10.4. The third kappa shape index (κ3) is 1.36. The van der Waals surface area contributed by atoms with Crippen LogP contribution >= 0.6 is 0 Å². The maximum Gasteiger partial charge on any atom is 0.235 e. The van der Waals surface area contributed by atoms with Crippen molar-refractivity contribution >= 4 is 6.08 Å². The molecule has 3 rings (SSSR count). The first-order chi connectivity index (χ1) is 7.73. The molecule has 3 nitrogen and oxygen atoms in total. The molecule has 0 aromatic heterocycles. The lowest BCUT2D eigenvalue weighted by Gasteiger charge is -2.09. The topological polar surface area (TPSA) is 38.7 Å². The minimum Gasteiger partial charge on any atom is -0.490 e. The van der Waals surface area contributed by atoms with Crippen molar-refractivity contribution in [2.75, 3.05) is 0 Å². The molecule has 0 N–H and O–H groups in total. The molecule has 0 bridgehead atoms. The largest absolute Gasteiger partial charge is 0.490 e. The Hall–Kier alpha value is -1.60. The Morgan fingerprint density at radius 3 is 3.00 bits per heavy atom. The fourth-order valence-electron chi connectivity index (χ4n) is 2.38. The highest BCUT2D eigenvalue weighted by Crippen LogP contribution is 2.50. The van der Waals surface area contributed by atoms with E-state index in [1.54, 1.807) is 6.08 Å². The van der Waals surface area contributed by atoms with Crippen LogP contribution in [0.15, 0.2) is 23.2 Å². The molecule has 0 spiro atoms. The van der Waals surface area contributed by atoms with E-state index in [1.807, 2.05) is 12.1 Å². The second-order valence-electron chi connectivity index (χ2n) is 4.69. The summed E-state index contributed by atoms with van der Waals surface area (Å²) in [6, 6.07) is 6.14. The number of ether oxygens (including phenoxy) is 1. The zero-order valence-electron chi connectivity index (χ0n) is 9.19. The van der Waals surface area contributed by atoms with Crippen molar-refractivity contribution in [2.45, 2.75) is 37.8 Å². The quantitative estimate of drug-likeness (QED) is 0.561. The second-order valence-corrected chi connectivity index (χ2v) is 4.69. The van der Waals surface area contributed by atoms with Crippen LogP contribution in [0.2, 0.25) is 0 Å². The number of aliphatic imine (C=N–C) groups is 1. The van der Waals surface area contributed by atoms with E-state index in [-0.39, 0.29) is 11.6 Å². The lowest BCUT2D eigenvalue weighted by molar-refractivity contribution is 0.254. The summed E-state index contributed by atoms with van der Waals surface area (Å²) in [5.41, 5.74) is 2.10. The van der Waals surface area contributed by atoms with Crippen LogP contribution < -0.4 is 4.74 Å². The molecular weight excluding hydrogens is 202 g/mol. The number of rotatable bonds is 2. The molecule has 1 heterocycles. The van der Waals surface area contributed by atoms with Crippen molar-refractivity contribution in [1.29, 1.82) is 0 Å². The molecule has 1 aliphatic heterocycles. The highest BCUT2D eigenvalue weighted by molar-refractivity contribution is 5.47. The van der Waals surface area contributed by atoms with Gasteiger partial charge < -0.3 is 4.74 Å². The average Bonchev–Trinajstić information content (AvgIpc) is 2.93. The van der Waals surface area contributed by atoms with Crippen LogP contribution in [0.1, 0.15) is 30.9 Å². The van der Waals surface area contributed by atoms with E-state index in [0.29, 0.717) is 0 Å². The van der Waals surface area contributed by atoms with E-state index in [9.17, 15) is 4.79 Å². The Kier molecular flexibility index (Phi) is 1.92. The van der Waals surface area contributed by atoms with Gasteiger partial charge >= 0.3 is 0 Å². The first kappa shape index (κ1) is 9.61. The molecule has 1 atom stereocenters. The number of benzene rings is 1. The van der Waals surface area contributed by atoms with Gasteiger partial charge in [0.15, 0.2) is 0 Å². The highest BCUT2D eigenvalue weighted by Gasteiger charge is 2.45. The minimum atomic E-state index is -0.261. The fourth-order valence-corrected chi connectivity index (χ4v) is 2.38. The van der Waals surface area contributed by atoms with E-state index in [2.05, 4.69) is 18.0 Å². The van der Waals surface area contributed by atoms with E-state index >= 15 is 0 Å². The van der Waals surface area contributed by atoms with Crippen LogP contribution in [-0.2, 0) is 16.8 Å². The lowest BCUT2D eigenvalue weighted by Crippen LogP contribution is -2.05. The molecule has 1 aromatic carbocycles. The van der Waals surface area contributed by atoms with Gasteiger partial charge in [0.2, 0.25) is 6.08 Å². The Balaban J connectivity index is 2.00. The fraction of sp³-hybridized carbons (Fsp3) is 0.462. The lowest BCUT2D eigenvalue weighted by atomic mass is 10.0. The van der Waals surface area contributed by atoms with Gasteiger partial charge in [-0.25, -0.2) is 4.79 Å². The Morgan fingerprint density at radius 2 is 2.31 bits per heavy atom. The monoisotopic (exact) mass is 215 g/mol. The van der Waals surface area contributed by atoms with Gasteiger partial charge in [0, 0.05) is 6.42 Å². The molecule has 3 heteroatoms. The molecule has 1 saturated carbocycles. The second kappa shape index (κ2) is 3.19. The SMILES string of the molecule is CC1Cc2cc(C3(N=C=O)CC3)ccc2O1. The normalized spacial score (nSPS) is 24.2. The zero-order chi connectivity index (χ0) is 11.2. The average molecular weight is 215 g/mol. The highest BCUT2D eigenvalue weighted by atomic mass is 16.5. The Bertz CT molecular complexity index is 485. The summed E-state index contributed by atoms with van der Waals surface area (Å²) in [7, 11) is 0. The molecule has 0 amide bonds. The zero-order valence-corrected chi connectivity index (χ0v) is 9.19. The van der Waals surface area contributed by atoms with Crippen molar-refractivity contribution in [1.82, 2.24) is 0 Å². The van der Waals surface area contributed by atoms with E-state index in [4.69, 9.17) is 4.74 Å². The molecule has 1 aliphatic carbocycles. The number of fused-ring (bicyclic) bond motifs is 1. The molecule has 1 aromatic rings. The summed E-state index contributed by atoms with van der Waals surface area (Å²) in [6.45, 7) is 2.07. The summed E-state index contributed by atoms with van der Waals surface area (Å²) >= 11 is 0. The van der Waals surface area contributed by atoms with Crippen molar-refractivity contribution in [3.05, 3.63) is 29.3 Å². The van der Waals surface area contributed by atoms with Gasteiger partial charge in [0.25, 0.3) is 0 Å². The van der Waals surface area contributed by atoms with E-state index in [0.717, 1.165) is 30.6 Å². The minimum absolute atomic E-state index is 0.259. The molecule has 1 fully saturated rings. The van der Waals surface area contributed by atoms with Crippen molar-refractivity contribution in [3.8, 4) is 5.75 Å². The number of nitrogens with zero attached hydrogens (tertiary/aromatic N) is 1. The first-order valence-electron chi connectivity index (χ1n) is 5.63. The number of hydrogen-bond donors (Lipinski definition) is 0. The third-order valence-electron chi connectivity index (χ3n) is 3.42. The smallest absolute Gasteiger partial charge is 0.235 e. The molecule has 0 saturated heterocycles. The summed E-state index contributed by atoms with van der Waals surface area (Å²) < 4.78 is 5.65. The van der Waals surface area contributed by atoms with Crippen LogP contribution in [0.5, 0.6) is 5.75 Å². The van der Waals surface area contributed by atoms with Gasteiger partial charge in [-0.3, -0.25) is 0 Å². The molecule has 0 radical (unpaired) electrons. The van der Waals surface area contributed by atoms with Gasteiger partial charge in [-0.1, -0.05) is 6.07 Å². The summed E-state index contributed by atoms with van der Waals surface area (Å²) in [6.07, 6.45) is 4.81. The van der Waals surface area contributed by atoms with Crippen molar-refractivity contribution in [2.24, 2.45) is 4.99 Å². The van der Waals surface area contributed by atoms with E-state index in [1.165, 1.54) is 5.56 Å².